The van der Waals surface area contributed by atoms with E-state index in [1.165, 1.54) is 38.9 Å². The summed E-state index contributed by atoms with van der Waals surface area (Å²) >= 11 is 0. The number of carboxylic acid groups (broad SMARTS) is 1. The molecule has 1 aliphatic heterocycles. The second-order valence-electron chi connectivity index (χ2n) is 5.71. The average Bonchev–Trinajstić information content (AvgIpc) is 2.35. The highest BCUT2D eigenvalue weighted by Gasteiger charge is 2.14. The molecule has 0 saturated carbocycles. The Hall–Kier alpha value is -0.610. The van der Waals surface area contributed by atoms with Crippen molar-refractivity contribution < 1.29 is 9.90 Å². The first-order chi connectivity index (χ1) is 8.58. The van der Waals surface area contributed by atoms with Crippen molar-refractivity contribution in [2.24, 2.45) is 5.92 Å². The SMILES string of the molecule is CC(CNC(C)CCC(=O)O)CN1CCCCC1. The van der Waals surface area contributed by atoms with Gasteiger partial charge in [0.15, 0.2) is 0 Å². The van der Waals surface area contributed by atoms with E-state index in [-0.39, 0.29) is 6.42 Å². The standard InChI is InChI=1S/C14H28N2O2/c1-12(11-16-8-4-3-5-9-16)10-15-13(2)6-7-14(17)18/h12-13,15H,3-11H2,1-2H3,(H,17,18). The van der Waals surface area contributed by atoms with Crippen molar-refractivity contribution in [1.82, 2.24) is 10.2 Å². The monoisotopic (exact) mass is 256 g/mol. The molecule has 0 aliphatic carbocycles. The lowest BCUT2D eigenvalue weighted by molar-refractivity contribution is -0.137. The zero-order valence-corrected chi connectivity index (χ0v) is 11.8. The Bertz CT molecular complexity index is 240. The molecule has 106 valence electrons. The number of aliphatic carboxylic acids is 1. The van der Waals surface area contributed by atoms with E-state index in [0.717, 1.165) is 6.54 Å². The van der Waals surface area contributed by atoms with Gasteiger partial charge in [0.2, 0.25) is 0 Å². The fraction of sp³-hybridized carbons (Fsp3) is 0.929. The van der Waals surface area contributed by atoms with Crippen molar-refractivity contribution in [2.45, 2.75) is 52.0 Å². The zero-order chi connectivity index (χ0) is 13.4. The van der Waals surface area contributed by atoms with Crippen LogP contribution < -0.4 is 5.32 Å². The average molecular weight is 256 g/mol. The van der Waals surface area contributed by atoms with Gasteiger partial charge in [0.25, 0.3) is 0 Å². The van der Waals surface area contributed by atoms with Gasteiger partial charge in [-0.2, -0.15) is 0 Å². The normalized spacial score (nSPS) is 20.6. The first-order valence-corrected chi connectivity index (χ1v) is 7.25. The summed E-state index contributed by atoms with van der Waals surface area (Å²) in [5, 5.41) is 12.1. The van der Waals surface area contributed by atoms with E-state index in [0.29, 0.717) is 18.4 Å². The third kappa shape index (κ3) is 6.97. The van der Waals surface area contributed by atoms with Crippen LogP contribution in [0, 0.1) is 5.92 Å². The van der Waals surface area contributed by atoms with Crippen molar-refractivity contribution >= 4 is 5.97 Å². The summed E-state index contributed by atoms with van der Waals surface area (Å²) in [5.74, 6) is -0.0691. The molecule has 4 heteroatoms. The molecule has 1 heterocycles. The van der Waals surface area contributed by atoms with Crippen LogP contribution in [0.5, 0.6) is 0 Å². The molecule has 0 amide bonds. The summed E-state index contributed by atoms with van der Waals surface area (Å²) in [5.41, 5.74) is 0. The maximum Gasteiger partial charge on any atom is 0.303 e. The van der Waals surface area contributed by atoms with Crippen molar-refractivity contribution in [3.05, 3.63) is 0 Å². The van der Waals surface area contributed by atoms with Gasteiger partial charge in [-0.25, -0.2) is 0 Å². The van der Waals surface area contributed by atoms with E-state index < -0.39 is 5.97 Å². The van der Waals surface area contributed by atoms with Crippen LogP contribution in [0.4, 0.5) is 0 Å². The van der Waals surface area contributed by atoms with Crippen LogP contribution in [0.15, 0.2) is 0 Å². The van der Waals surface area contributed by atoms with Gasteiger partial charge in [0.1, 0.15) is 0 Å². The van der Waals surface area contributed by atoms with Crippen LogP contribution in [-0.2, 0) is 4.79 Å². The van der Waals surface area contributed by atoms with Gasteiger partial charge in [-0.1, -0.05) is 13.3 Å². The van der Waals surface area contributed by atoms with Gasteiger partial charge in [-0.3, -0.25) is 4.79 Å². The van der Waals surface area contributed by atoms with Gasteiger partial charge in [-0.15, -0.1) is 0 Å². The van der Waals surface area contributed by atoms with Crippen molar-refractivity contribution in [3.63, 3.8) is 0 Å². The number of nitrogens with one attached hydrogen (secondary N) is 1. The predicted molar refractivity (Wildman–Crippen MR) is 73.8 cm³/mol. The molecule has 1 fully saturated rings. The first-order valence-electron chi connectivity index (χ1n) is 7.25. The number of hydrogen-bond donors (Lipinski definition) is 2. The smallest absolute Gasteiger partial charge is 0.303 e. The molecule has 0 radical (unpaired) electrons. The Kier molecular flexibility index (Phi) is 7.28. The lowest BCUT2D eigenvalue weighted by Crippen LogP contribution is -2.38. The van der Waals surface area contributed by atoms with Gasteiger partial charge < -0.3 is 15.3 Å². The summed E-state index contributed by atoms with van der Waals surface area (Å²) in [4.78, 5) is 13.0. The second kappa shape index (κ2) is 8.48. The van der Waals surface area contributed by atoms with Crippen molar-refractivity contribution in [3.8, 4) is 0 Å². The van der Waals surface area contributed by atoms with Gasteiger partial charge in [0, 0.05) is 19.0 Å². The lowest BCUT2D eigenvalue weighted by Gasteiger charge is -2.29. The molecule has 0 spiro atoms. The summed E-state index contributed by atoms with van der Waals surface area (Å²) in [6.07, 6.45) is 5.04. The number of hydrogen-bond acceptors (Lipinski definition) is 3. The van der Waals surface area contributed by atoms with Crippen LogP contribution in [0.1, 0.15) is 46.0 Å². The van der Waals surface area contributed by atoms with Gasteiger partial charge in [-0.05, 0) is 51.7 Å². The molecule has 0 aromatic heterocycles. The summed E-state index contributed by atoms with van der Waals surface area (Å²) in [6.45, 7) is 8.98. The molecule has 0 aromatic rings. The molecule has 1 saturated heterocycles. The quantitative estimate of drug-likeness (QED) is 0.697. The topological polar surface area (TPSA) is 52.6 Å². The summed E-state index contributed by atoms with van der Waals surface area (Å²) < 4.78 is 0. The fourth-order valence-electron chi connectivity index (χ4n) is 2.49. The highest BCUT2D eigenvalue weighted by atomic mass is 16.4. The Balaban J connectivity index is 2.07. The van der Waals surface area contributed by atoms with E-state index in [1.54, 1.807) is 0 Å². The van der Waals surface area contributed by atoms with E-state index in [2.05, 4.69) is 24.1 Å². The maximum absolute atomic E-state index is 10.5. The highest BCUT2D eigenvalue weighted by Crippen LogP contribution is 2.10. The third-order valence-corrected chi connectivity index (χ3v) is 3.62. The molecule has 0 aromatic carbocycles. The largest absolute Gasteiger partial charge is 0.481 e. The molecule has 1 aliphatic rings. The van der Waals surface area contributed by atoms with E-state index >= 15 is 0 Å². The third-order valence-electron chi connectivity index (χ3n) is 3.62. The lowest BCUT2D eigenvalue weighted by atomic mass is 10.1. The second-order valence-corrected chi connectivity index (χ2v) is 5.71. The predicted octanol–water partition coefficient (Wildman–Crippen LogP) is 1.95. The number of likely N-dealkylation sites (tertiary alicyclic amines) is 1. The number of piperidine rings is 1. The minimum Gasteiger partial charge on any atom is -0.481 e. The minimum atomic E-state index is -0.704. The van der Waals surface area contributed by atoms with Crippen LogP contribution in [-0.4, -0.2) is 48.2 Å². The maximum atomic E-state index is 10.5. The number of nitrogens with zero attached hydrogens (tertiary/aromatic N) is 1. The van der Waals surface area contributed by atoms with Crippen molar-refractivity contribution in [1.29, 1.82) is 0 Å². The minimum absolute atomic E-state index is 0.259. The van der Waals surface area contributed by atoms with E-state index in [9.17, 15) is 4.79 Å². The Labute approximate surface area is 111 Å². The van der Waals surface area contributed by atoms with Crippen molar-refractivity contribution in [2.75, 3.05) is 26.2 Å². The molecule has 18 heavy (non-hydrogen) atoms. The zero-order valence-electron chi connectivity index (χ0n) is 11.8. The van der Waals surface area contributed by atoms with Crippen LogP contribution >= 0.6 is 0 Å². The molecule has 2 unspecified atom stereocenters. The Morgan fingerprint density at radius 1 is 1.28 bits per heavy atom. The van der Waals surface area contributed by atoms with Crippen LogP contribution in [0.25, 0.3) is 0 Å². The van der Waals surface area contributed by atoms with Gasteiger partial charge in [0.05, 0.1) is 0 Å². The molecule has 2 atom stereocenters. The summed E-state index contributed by atoms with van der Waals surface area (Å²) in [6, 6.07) is 0.296. The Morgan fingerprint density at radius 2 is 1.94 bits per heavy atom. The van der Waals surface area contributed by atoms with Gasteiger partial charge >= 0.3 is 5.97 Å². The van der Waals surface area contributed by atoms with Crippen LogP contribution in [0.3, 0.4) is 0 Å². The molecule has 4 nitrogen and oxygen atoms in total. The number of carbonyl (C=O) groups is 1. The molecular weight excluding hydrogens is 228 g/mol. The first kappa shape index (κ1) is 15.4. The molecule has 1 rings (SSSR count). The van der Waals surface area contributed by atoms with E-state index in [1.807, 2.05) is 0 Å². The summed E-state index contributed by atoms with van der Waals surface area (Å²) in [7, 11) is 0. The molecular formula is C14H28N2O2. The molecule has 0 bridgehead atoms. The number of carboxylic acids is 1. The fourth-order valence-corrected chi connectivity index (χ4v) is 2.49. The van der Waals surface area contributed by atoms with E-state index in [4.69, 9.17) is 5.11 Å². The molecule has 2 N–H and O–H groups in total. The highest BCUT2D eigenvalue weighted by molar-refractivity contribution is 5.66. The van der Waals surface area contributed by atoms with Crippen LogP contribution in [0.2, 0.25) is 0 Å². The Morgan fingerprint density at radius 3 is 2.56 bits per heavy atom. The number of rotatable bonds is 8.